The minimum absolute atomic E-state index is 0.0208. The van der Waals surface area contributed by atoms with Gasteiger partial charge in [-0.2, -0.15) is 0 Å². The van der Waals surface area contributed by atoms with E-state index in [1.165, 1.54) is 12.1 Å². The lowest BCUT2D eigenvalue weighted by Crippen LogP contribution is -2.48. The molecular formula is C13H17FN2O2. The van der Waals surface area contributed by atoms with Crippen molar-refractivity contribution in [2.24, 2.45) is 0 Å². The number of nitrogen functional groups attached to an aromatic ring is 1. The average Bonchev–Trinajstić information content (AvgIpc) is 2.30. The molecule has 1 saturated heterocycles. The van der Waals surface area contributed by atoms with Crippen LogP contribution in [0.15, 0.2) is 18.2 Å². The van der Waals surface area contributed by atoms with Crippen LogP contribution in [0.5, 0.6) is 0 Å². The van der Waals surface area contributed by atoms with E-state index in [-0.39, 0.29) is 29.4 Å². The minimum atomic E-state index is -0.560. The summed E-state index contributed by atoms with van der Waals surface area (Å²) in [4.78, 5) is 13.9. The van der Waals surface area contributed by atoms with Crippen LogP contribution >= 0.6 is 0 Å². The number of morpholine rings is 1. The first-order valence-corrected chi connectivity index (χ1v) is 5.97. The predicted octanol–water partition coefficient (Wildman–Crippen LogP) is 1.66. The standard InChI is InChI=1S/C13H17FN2O2/c1-8-6-16(7-9(2)18-8)13(17)10-4-3-5-11(14)12(10)15/h3-5,8-9H,6-7,15H2,1-2H3. The smallest absolute Gasteiger partial charge is 0.256 e. The Morgan fingerprint density at radius 3 is 2.61 bits per heavy atom. The third kappa shape index (κ3) is 2.46. The molecule has 2 rings (SSSR count). The zero-order valence-electron chi connectivity index (χ0n) is 10.5. The SMILES string of the molecule is CC1CN(C(=O)c2cccc(F)c2N)CC(C)O1. The molecule has 1 aromatic rings. The summed E-state index contributed by atoms with van der Waals surface area (Å²) in [7, 11) is 0. The van der Waals surface area contributed by atoms with Crippen molar-refractivity contribution >= 4 is 11.6 Å². The number of carbonyl (C=O) groups excluding carboxylic acids is 1. The number of hydrogen-bond acceptors (Lipinski definition) is 3. The molecule has 98 valence electrons. The summed E-state index contributed by atoms with van der Waals surface area (Å²) >= 11 is 0. The molecule has 0 spiro atoms. The van der Waals surface area contributed by atoms with Crippen LogP contribution in [0.1, 0.15) is 24.2 Å². The molecule has 0 bridgehead atoms. The highest BCUT2D eigenvalue weighted by Gasteiger charge is 2.27. The van der Waals surface area contributed by atoms with E-state index < -0.39 is 5.82 Å². The van der Waals surface area contributed by atoms with Crippen LogP contribution in [0.3, 0.4) is 0 Å². The molecule has 4 nitrogen and oxygen atoms in total. The number of ether oxygens (including phenoxy) is 1. The number of carbonyl (C=O) groups is 1. The van der Waals surface area contributed by atoms with Crippen molar-refractivity contribution in [3.05, 3.63) is 29.6 Å². The number of anilines is 1. The third-order valence-electron chi connectivity index (χ3n) is 2.99. The van der Waals surface area contributed by atoms with E-state index in [0.717, 1.165) is 0 Å². The van der Waals surface area contributed by atoms with E-state index in [9.17, 15) is 9.18 Å². The molecule has 0 aliphatic carbocycles. The quantitative estimate of drug-likeness (QED) is 0.773. The fourth-order valence-corrected chi connectivity index (χ4v) is 2.24. The van der Waals surface area contributed by atoms with Gasteiger partial charge in [0, 0.05) is 13.1 Å². The largest absolute Gasteiger partial charge is 0.396 e. The fraction of sp³-hybridized carbons (Fsp3) is 0.462. The van der Waals surface area contributed by atoms with Crippen LogP contribution in [0, 0.1) is 5.82 Å². The van der Waals surface area contributed by atoms with Gasteiger partial charge in [-0.05, 0) is 26.0 Å². The molecule has 0 aromatic heterocycles. The Bertz CT molecular complexity index is 454. The summed E-state index contributed by atoms with van der Waals surface area (Å²) in [6, 6.07) is 4.29. The van der Waals surface area contributed by atoms with Gasteiger partial charge in [-0.1, -0.05) is 6.07 Å². The van der Waals surface area contributed by atoms with E-state index in [2.05, 4.69) is 0 Å². The third-order valence-corrected chi connectivity index (χ3v) is 2.99. The number of nitrogens with zero attached hydrogens (tertiary/aromatic N) is 1. The van der Waals surface area contributed by atoms with E-state index in [1.54, 1.807) is 11.0 Å². The molecule has 1 aromatic carbocycles. The van der Waals surface area contributed by atoms with Gasteiger partial charge in [0.15, 0.2) is 0 Å². The van der Waals surface area contributed by atoms with Crippen molar-refractivity contribution in [2.45, 2.75) is 26.1 Å². The summed E-state index contributed by atoms with van der Waals surface area (Å²) in [5, 5.41) is 0. The molecule has 1 heterocycles. The number of hydrogen-bond donors (Lipinski definition) is 1. The Balaban J connectivity index is 2.23. The highest BCUT2D eigenvalue weighted by molar-refractivity contribution is 5.99. The summed E-state index contributed by atoms with van der Waals surface area (Å²) < 4.78 is 18.9. The van der Waals surface area contributed by atoms with Crippen molar-refractivity contribution in [3.63, 3.8) is 0 Å². The van der Waals surface area contributed by atoms with Gasteiger partial charge < -0.3 is 15.4 Å². The van der Waals surface area contributed by atoms with Gasteiger partial charge in [0.05, 0.1) is 23.5 Å². The molecule has 1 aliphatic rings. The van der Waals surface area contributed by atoms with Crippen LogP contribution in [0.4, 0.5) is 10.1 Å². The number of halogens is 1. The Morgan fingerprint density at radius 2 is 2.00 bits per heavy atom. The average molecular weight is 252 g/mol. The summed E-state index contributed by atoms with van der Waals surface area (Å²) in [5.41, 5.74) is 5.74. The van der Waals surface area contributed by atoms with Crippen LogP contribution in [0.2, 0.25) is 0 Å². The van der Waals surface area contributed by atoms with Gasteiger partial charge in [0.25, 0.3) is 5.91 Å². The first-order valence-electron chi connectivity index (χ1n) is 5.97. The number of para-hydroxylation sites is 1. The Labute approximate surface area is 106 Å². The zero-order chi connectivity index (χ0) is 13.3. The van der Waals surface area contributed by atoms with Gasteiger partial charge in [-0.25, -0.2) is 4.39 Å². The molecule has 5 heteroatoms. The molecule has 1 aliphatic heterocycles. The lowest BCUT2D eigenvalue weighted by atomic mass is 10.1. The summed E-state index contributed by atoms with van der Waals surface area (Å²) in [6.45, 7) is 4.81. The monoisotopic (exact) mass is 252 g/mol. The second kappa shape index (κ2) is 4.94. The Hall–Kier alpha value is -1.62. The van der Waals surface area contributed by atoms with Crippen LogP contribution in [-0.4, -0.2) is 36.1 Å². The molecule has 1 amide bonds. The van der Waals surface area contributed by atoms with Gasteiger partial charge in [-0.15, -0.1) is 0 Å². The molecule has 2 unspecified atom stereocenters. The van der Waals surface area contributed by atoms with E-state index in [1.807, 2.05) is 13.8 Å². The molecular weight excluding hydrogens is 235 g/mol. The number of benzene rings is 1. The number of rotatable bonds is 1. The number of amides is 1. The lowest BCUT2D eigenvalue weighted by molar-refractivity contribution is -0.0586. The normalized spacial score (nSPS) is 24.1. The van der Waals surface area contributed by atoms with Crippen molar-refractivity contribution in [1.29, 1.82) is 0 Å². The molecule has 0 radical (unpaired) electrons. The first kappa shape index (κ1) is 12.8. The van der Waals surface area contributed by atoms with Crippen LogP contribution in [-0.2, 0) is 4.74 Å². The zero-order valence-corrected chi connectivity index (χ0v) is 10.5. The Morgan fingerprint density at radius 1 is 1.39 bits per heavy atom. The van der Waals surface area contributed by atoms with Crippen LogP contribution < -0.4 is 5.73 Å². The van der Waals surface area contributed by atoms with Gasteiger partial charge in [0.2, 0.25) is 0 Å². The molecule has 2 N–H and O–H groups in total. The molecule has 0 saturated carbocycles. The maximum atomic E-state index is 13.3. The first-order chi connectivity index (χ1) is 8.49. The maximum absolute atomic E-state index is 13.3. The van der Waals surface area contributed by atoms with Gasteiger partial charge in [0.1, 0.15) is 5.82 Å². The predicted molar refractivity (Wildman–Crippen MR) is 66.7 cm³/mol. The molecule has 1 fully saturated rings. The maximum Gasteiger partial charge on any atom is 0.256 e. The second-order valence-corrected chi connectivity index (χ2v) is 4.67. The van der Waals surface area contributed by atoms with E-state index >= 15 is 0 Å². The fourth-order valence-electron chi connectivity index (χ4n) is 2.24. The minimum Gasteiger partial charge on any atom is -0.396 e. The summed E-state index contributed by atoms with van der Waals surface area (Å²) in [5.74, 6) is -0.802. The molecule has 18 heavy (non-hydrogen) atoms. The van der Waals surface area contributed by atoms with Crippen molar-refractivity contribution in [2.75, 3.05) is 18.8 Å². The topological polar surface area (TPSA) is 55.6 Å². The summed E-state index contributed by atoms with van der Waals surface area (Å²) in [6.07, 6.45) is -0.0417. The van der Waals surface area contributed by atoms with Crippen LogP contribution in [0.25, 0.3) is 0 Å². The van der Waals surface area contributed by atoms with E-state index in [4.69, 9.17) is 10.5 Å². The van der Waals surface area contributed by atoms with Crippen molar-refractivity contribution in [1.82, 2.24) is 4.90 Å². The lowest BCUT2D eigenvalue weighted by Gasteiger charge is -2.35. The highest BCUT2D eigenvalue weighted by atomic mass is 19.1. The van der Waals surface area contributed by atoms with Crippen molar-refractivity contribution in [3.8, 4) is 0 Å². The second-order valence-electron chi connectivity index (χ2n) is 4.67. The van der Waals surface area contributed by atoms with E-state index in [0.29, 0.717) is 13.1 Å². The van der Waals surface area contributed by atoms with Crippen molar-refractivity contribution < 1.29 is 13.9 Å². The van der Waals surface area contributed by atoms with Gasteiger partial charge >= 0.3 is 0 Å². The highest BCUT2D eigenvalue weighted by Crippen LogP contribution is 2.20. The van der Waals surface area contributed by atoms with Gasteiger partial charge in [-0.3, -0.25) is 4.79 Å². The molecule has 2 atom stereocenters. The Kier molecular flexibility index (Phi) is 3.52. The number of nitrogens with two attached hydrogens (primary N) is 1.